The molecule has 108 valence electrons. The number of aryl methyl sites for hydroxylation is 1. The minimum Gasteiger partial charge on any atom is -0.392 e. The van der Waals surface area contributed by atoms with Crippen LogP contribution in [0.5, 0.6) is 0 Å². The lowest BCUT2D eigenvalue weighted by Crippen LogP contribution is -2.31. The van der Waals surface area contributed by atoms with E-state index in [0.29, 0.717) is 19.5 Å². The summed E-state index contributed by atoms with van der Waals surface area (Å²) in [5, 5.41) is 9.08. The largest absolute Gasteiger partial charge is 0.392 e. The van der Waals surface area contributed by atoms with E-state index in [-0.39, 0.29) is 16.0 Å². The fourth-order valence-electron chi connectivity index (χ4n) is 1.92. The predicted octanol–water partition coefficient (Wildman–Crippen LogP) is 2.05. The van der Waals surface area contributed by atoms with Gasteiger partial charge in [-0.3, -0.25) is 0 Å². The third-order valence-electron chi connectivity index (χ3n) is 2.94. The normalized spacial score (nSPS) is 12.1. The number of rotatable bonds is 6. The van der Waals surface area contributed by atoms with Crippen LogP contribution in [-0.2, 0) is 16.6 Å². The molecule has 1 N–H and O–H groups in total. The van der Waals surface area contributed by atoms with Crippen LogP contribution < -0.4 is 0 Å². The van der Waals surface area contributed by atoms with Crippen molar-refractivity contribution < 1.29 is 17.9 Å². The molecule has 0 saturated carbocycles. The van der Waals surface area contributed by atoms with Crippen molar-refractivity contribution in [1.82, 2.24) is 4.31 Å². The van der Waals surface area contributed by atoms with Crippen molar-refractivity contribution in [2.24, 2.45) is 0 Å². The first-order valence-corrected chi connectivity index (χ1v) is 7.72. The Labute approximate surface area is 113 Å². The standard InChI is InChI=1S/C13H20FNO3S/c1-4-6-15(5-2)19(17,18)12-7-10(3)13(14)11(8-12)9-16/h7-8,16H,4-6,9H2,1-3H3. The number of aliphatic hydroxyl groups is 1. The lowest BCUT2D eigenvalue weighted by atomic mass is 10.1. The summed E-state index contributed by atoms with van der Waals surface area (Å²) in [6.07, 6.45) is 0.708. The molecule has 1 aromatic carbocycles. The van der Waals surface area contributed by atoms with Gasteiger partial charge in [-0.05, 0) is 31.0 Å². The Morgan fingerprint density at radius 3 is 2.42 bits per heavy atom. The molecule has 0 fully saturated rings. The van der Waals surface area contributed by atoms with E-state index in [0.717, 1.165) is 0 Å². The Hall–Kier alpha value is -0.980. The number of hydrogen-bond acceptors (Lipinski definition) is 3. The van der Waals surface area contributed by atoms with E-state index in [4.69, 9.17) is 5.11 Å². The number of benzene rings is 1. The Balaban J connectivity index is 3.32. The second kappa shape index (κ2) is 6.45. The zero-order valence-corrected chi connectivity index (χ0v) is 12.3. The summed E-state index contributed by atoms with van der Waals surface area (Å²) in [5.74, 6) is -0.556. The minimum atomic E-state index is -3.63. The quantitative estimate of drug-likeness (QED) is 0.872. The third-order valence-corrected chi connectivity index (χ3v) is 4.89. The molecular weight excluding hydrogens is 269 g/mol. The summed E-state index contributed by atoms with van der Waals surface area (Å²) >= 11 is 0. The summed E-state index contributed by atoms with van der Waals surface area (Å²) in [4.78, 5) is 0.0331. The first-order valence-electron chi connectivity index (χ1n) is 6.28. The van der Waals surface area contributed by atoms with Gasteiger partial charge in [-0.2, -0.15) is 4.31 Å². The van der Waals surface area contributed by atoms with E-state index in [1.54, 1.807) is 6.92 Å². The van der Waals surface area contributed by atoms with Crippen LogP contribution in [0.15, 0.2) is 17.0 Å². The number of aliphatic hydroxyl groups excluding tert-OH is 1. The lowest BCUT2D eigenvalue weighted by molar-refractivity contribution is 0.275. The fraction of sp³-hybridized carbons (Fsp3) is 0.538. The predicted molar refractivity (Wildman–Crippen MR) is 71.8 cm³/mol. The fourth-order valence-corrected chi connectivity index (χ4v) is 3.60. The van der Waals surface area contributed by atoms with Gasteiger partial charge in [0.25, 0.3) is 0 Å². The molecule has 0 unspecified atom stereocenters. The highest BCUT2D eigenvalue weighted by molar-refractivity contribution is 7.89. The van der Waals surface area contributed by atoms with E-state index in [2.05, 4.69) is 0 Å². The smallest absolute Gasteiger partial charge is 0.243 e. The van der Waals surface area contributed by atoms with Crippen LogP contribution in [0.4, 0.5) is 4.39 Å². The number of sulfonamides is 1. The molecule has 0 saturated heterocycles. The molecule has 0 spiro atoms. The summed E-state index contributed by atoms with van der Waals surface area (Å²) in [6, 6.07) is 2.51. The van der Waals surface area contributed by atoms with Crippen LogP contribution in [0, 0.1) is 12.7 Å². The van der Waals surface area contributed by atoms with E-state index < -0.39 is 22.4 Å². The van der Waals surface area contributed by atoms with Crippen molar-refractivity contribution in [3.8, 4) is 0 Å². The van der Waals surface area contributed by atoms with Crippen molar-refractivity contribution in [2.75, 3.05) is 13.1 Å². The highest BCUT2D eigenvalue weighted by Crippen LogP contribution is 2.22. The van der Waals surface area contributed by atoms with Crippen molar-refractivity contribution >= 4 is 10.0 Å². The van der Waals surface area contributed by atoms with Gasteiger partial charge in [-0.25, -0.2) is 12.8 Å². The van der Waals surface area contributed by atoms with Crippen LogP contribution in [0.3, 0.4) is 0 Å². The van der Waals surface area contributed by atoms with Gasteiger partial charge in [0.15, 0.2) is 0 Å². The van der Waals surface area contributed by atoms with Gasteiger partial charge >= 0.3 is 0 Å². The first-order chi connectivity index (χ1) is 8.88. The molecule has 0 amide bonds. The van der Waals surface area contributed by atoms with Gasteiger partial charge < -0.3 is 5.11 Å². The molecule has 0 aliphatic rings. The van der Waals surface area contributed by atoms with Crippen LogP contribution in [-0.4, -0.2) is 30.9 Å². The maximum atomic E-state index is 13.6. The topological polar surface area (TPSA) is 57.6 Å². The van der Waals surface area contributed by atoms with E-state index in [9.17, 15) is 12.8 Å². The molecule has 1 aromatic rings. The molecular formula is C13H20FNO3S. The van der Waals surface area contributed by atoms with Crippen LogP contribution in [0.2, 0.25) is 0 Å². The molecule has 0 aromatic heterocycles. The molecule has 0 bridgehead atoms. The van der Waals surface area contributed by atoms with Crippen molar-refractivity contribution in [2.45, 2.75) is 38.7 Å². The summed E-state index contributed by atoms with van der Waals surface area (Å²) in [7, 11) is -3.63. The number of hydrogen-bond donors (Lipinski definition) is 1. The molecule has 0 atom stereocenters. The van der Waals surface area contributed by atoms with Crippen LogP contribution in [0.25, 0.3) is 0 Å². The maximum Gasteiger partial charge on any atom is 0.243 e. The van der Waals surface area contributed by atoms with Gasteiger partial charge in [0.1, 0.15) is 5.82 Å². The van der Waals surface area contributed by atoms with E-state index in [1.807, 2.05) is 6.92 Å². The van der Waals surface area contributed by atoms with Crippen LogP contribution >= 0.6 is 0 Å². The Morgan fingerprint density at radius 1 is 1.32 bits per heavy atom. The highest BCUT2D eigenvalue weighted by atomic mass is 32.2. The monoisotopic (exact) mass is 289 g/mol. The van der Waals surface area contributed by atoms with E-state index in [1.165, 1.54) is 23.4 Å². The molecule has 0 radical (unpaired) electrons. The molecule has 0 aliphatic carbocycles. The molecule has 1 rings (SSSR count). The van der Waals surface area contributed by atoms with Crippen molar-refractivity contribution in [3.05, 3.63) is 29.1 Å². The lowest BCUT2D eigenvalue weighted by Gasteiger charge is -2.20. The minimum absolute atomic E-state index is 0.00567. The molecule has 0 aliphatic heterocycles. The summed E-state index contributed by atoms with van der Waals surface area (Å²) in [5.41, 5.74) is 0.226. The van der Waals surface area contributed by atoms with Gasteiger partial charge in [0.05, 0.1) is 11.5 Å². The van der Waals surface area contributed by atoms with Gasteiger partial charge in [0, 0.05) is 18.7 Å². The van der Waals surface area contributed by atoms with Crippen LogP contribution in [0.1, 0.15) is 31.4 Å². The molecule has 4 nitrogen and oxygen atoms in total. The Kier molecular flexibility index (Phi) is 5.46. The second-order valence-electron chi connectivity index (χ2n) is 4.37. The van der Waals surface area contributed by atoms with Gasteiger partial charge in [0.2, 0.25) is 10.0 Å². The zero-order valence-electron chi connectivity index (χ0n) is 11.5. The highest BCUT2D eigenvalue weighted by Gasteiger charge is 2.24. The molecule has 6 heteroatoms. The first kappa shape index (κ1) is 16.1. The van der Waals surface area contributed by atoms with Gasteiger partial charge in [-0.1, -0.05) is 13.8 Å². The van der Waals surface area contributed by atoms with Crippen molar-refractivity contribution in [3.63, 3.8) is 0 Å². The average Bonchev–Trinajstić information content (AvgIpc) is 2.38. The third kappa shape index (κ3) is 3.32. The average molecular weight is 289 g/mol. The number of halogens is 1. The zero-order chi connectivity index (χ0) is 14.6. The number of nitrogens with zero attached hydrogens (tertiary/aromatic N) is 1. The SMILES string of the molecule is CCCN(CC)S(=O)(=O)c1cc(C)c(F)c(CO)c1. The maximum absolute atomic E-state index is 13.6. The molecule has 0 heterocycles. The van der Waals surface area contributed by atoms with Crippen molar-refractivity contribution in [1.29, 1.82) is 0 Å². The van der Waals surface area contributed by atoms with E-state index >= 15 is 0 Å². The summed E-state index contributed by atoms with van der Waals surface area (Å²) < 4.78 is 39.8. The Morgan fingerprint density at radius 2 is 1.95 bits per heavy atom. The summed E-state index contributed by atoms with van der Waals surface area (Å²) in [6.45, 7) is 5.41. The van der Waals surface area contributed by atoms with Gasteiger partial charge in [-0.15, -0.1) is 0 Å². The Bertz CT molecular complexity index is 543. The second-order valence-corrected chi connectivity index (χ2v) is 6.31. The molecule has 19 heavy (non-hydrogen) atoms.